The SMILES string of the molecule is CCOc1ccc(NC(=O)C2CC(=O)N(c3ccccc3)C2)cc1. The van der Waals surface area contributed by atoms with E-state index in [1.807, 2.05) is 49.4 Å². The van der Waals surface area contributed by atoms with E-state index in [0.29, 0.717) is 18.8 Å². The molecule has 1 aliphatic heterocycles. The molecule has 3 rings (SSSR count). The molecule has 1 saturated heterocycles. The first-order chi connectivity index (χ1) is 11.7. The molecule has 1 unspecified atom stereocenters. The normalized spacial score (nSPS) is 17.0. The zero-order valence-corrected chi connectivity index (χ0v) is 13.6. The zero-order chi connectivity index (χ0) is 16.9. The van der Waals surface area contributed by atoms with Gasteiger partial charge in [-0.25, -0.2) is 0 Å². The van der Waals surface area contributed by atoms with Crippen molar-refractivity contribution in [2.45, 2.75) is 13.3 Å². The molecule has 124 valence electrons. The number of benzene rings is 2. The highest BCUT2D eigenvalue weighted by atomic mass is 16.5. The van der Waals surface area contributed by atoms with Crippen LogP contribution in [0.2, 0.25) is 0 Å². The van der Waals surface area contributed by atoms with Crippen LogP contribution in [0.1, 0.15) is 13.3 Å². The Hall–Kier alpha value is -2.82. The Morgan fingerprint density at radius 2 is 1.88 bits per heavy atom. The Balaban J connectivity index is 1.62. The number of ether oxygens (including phenoxy) is 1. The van der Waals surface area contributed by atoms with E-state index in [0.717, 1.165) is 11.4 Å². The van der Waals surface area contributed by atoms with E-state index in [9.17, 15) is 9.59 Å². The highest BCUT2D eigenvalue weighted by Gasteiger charge is 2.35. The topological polar surface area (TPSA) is 58.6 Å². The Bertz CT molecular complexity index is 713. The molecule has 0 spiro atoms. The van der Waals surface area contributed by atoms with Crippen LogP contribution in [0.3, 0.4) is 0 Å². The van der Waals surface area contributed by atoms with Crippen LogP contribution in [0.5, 0.6) is 5.75 Å². The average Bonchev–Trinajstić information content (AvgIpc) is 3.00. The number of carbonyl (C=O) groups excluding carboxylic acids is 2. The number of hydrogen-bond donors (Lipinski definition) is 1. The summed E-state index contributed by atoms with van der Waals surface area (Å²) in [7, 11) is 0. The summed E-state index contributed by atoms with van der Waals surface area (Å²) in [5.41, 5.74) is 1.54. The third-order valence-electron chi connectivity index (χ3n) is 4.00. The monoisotopic (exact) mass is 324 g/mol. The van der Waals surface area contributed by atoms with E-state index < -0.39 is 0 Å². The zero-order valence-electron chi connectivity index (χ0n) is 13.6. The van der Waals surface area contributed by atoms with E-state index in [4.69, 9.17) is 4.74 Å². The molecule has 1 heterocycles. The third kappa shape index (κ3) is 3.56. The summed E-state index contributed by atoms with van der Waals surface area (Å²) in [5, 5.41) is 2.87. The number of hydrogen-bond acceptors (Lipinski definition) is 3. The van der Waals surface area contributed by atoms with Gasteiger partial charge in [-0.05, 0) is 43.3 Å². The molecular weight excluding hydrogens is 304 g/mol. The molecule has 0 radical (unpaired) electrons. The van der Waals surface area contributed by atoms with Crippen molar-refractivity contribution in [3.63, 3.8) is 0 Å². The van der Waals surface area contributed by atoms with Gasteiger partial charge in [0.15, 0.2) is 0 Å². The minimum absolute atomic E-state index is 0.0203. The van der Waals surface area contributed by atoms with Crippen molar-refractivity contribution >= 4 is 23.2 Å². The first-order valence-electron chi connectivity index (χ1n) is 8.06. The van der Waals surface area contributed by atoms with Gasteiger partial charge >= 0.3 is 0 Å². The number of carbonyl (C=O) groups is 2. The summed E-state index contributed by atoms with van der Waals surface area (Å²) < 4.78 is 5.38. The fourth-order valence-electron chi connectivity index (χ4n) is 2.79. The fraction of sp³-hybridized carbons (Fsp3) is 0.263. The molecule has 0 bridgehead atoms. The van der Waals surface area contributed by atoms with Gasteiger partial charge in [-0.3, -0.25) is 9.59 Å². The van der Waals surface area contributed by atoms with Gasteiger partial charge in [-0.2, -0.15) is 0 Å². The lowest BCUT2D eigenvalue weighted by molar-refractivity contribution is -0.122. The Morgan fingerprint density at radius 1 is 1.17 bits per heavy atom. The maximum atomic E-state index is 12.4. The van der Waals surface area contributed by atoms with Crippen LogP contribution in [0, 0.1) is 5.92 Å². The largest absolute Gasteiger partial charge is 0.494 e. The molecule has 1 aliphatic rings. The molecule has 5 nitrogen and oxygen atoms in total. The molecule has 2 amide bonds. The number of rotatable bonds is 5. The lowest BCUT2D eigenvalue weighted by atomic mass is 10.1. The number of amides is 2. The van der Waals surface area contributed by atoms with Gasteiger partial charge in [0.25, 0.3) is 0 Å². The van der Waals surface area contributed by atoms with Crippen LogP contribution in [-0.2, 0) is 9.59 Å². The molecule has 0 aliphatic carbocycles. The van der Waals surface area contributed by atoms with Crippen LogP contribution >= 0.6 is 0 Å². The Kier molecular flexibility index (Phi) is 4.79. The third-order valence-corrected chi connectivity index (χ3v) is 4.00. The summed E-state index contributed by atoms with van der Waals surface area (Å²) >= 11 is 0. The van der Waals surface area contributed by atoms with Crippen molar-refractivity contribution in [2.24, 2.45) is 5.92 Å². The van der Waals surface area contributed by atoms with Crippen molar-refractivity contribution in [1.29, 1.82) is 0 Å². The van der Waals surface area contributed by atoms with Crippen molar-refractivity contribution in [1.82, 2.24) is 0 Å². The molecule has 0 aromatic heterocycles. The predicted molar refractivity (Wildman–Crippen MR) is 93.1 cm³/mol. The molecule has 1 fully saturated rings. The van der Waals surface area contributed by atoms with Gasteiger partial charge < -0.3 is 15.0 Å². The second-order valence-electron chi connectivity index (χ2n) is 5.69. The summed E-state index contributed by atoms with van der Waals surface area (Å²) in [6.07, 6.45) is 0.234. The minimum Gasteiger partial charge on any atom is -0.494 e. The van der Waals surface area contributed by atoms with E-state index in [2.05, 4.69) is 5.32 Å². The summed E-state index contributed by atoms with van der Waals surface area (Å²) in [4.78, 5) is 26.3. The van der Waals surface area contributed by atoms with Crippen molar-refractivity contribution in [3.8, 4) is 5.75 Å². The Labute approximate surface area is 141 Å². The lowest BCUT2D eigenvalue weighted by Gasteiger charge is -2.16. The summed E-state index contributed by atoms with van der Waals surface area (Å²) in [6.45, 7) is 2.93. The molecule has 1 atom stereocenters. The van der Waals surface area contributed by atoms with E-state index in [-0.39, 0.29) is 24.2 Å². The van der Waals surface area contributed by atoms with Gasteiger partial charge in [-0.15, -0.1) is 0 Å². The summed E-state index contributed by atoms with van der Waals surface area (Å²) in [5.74, 6) is 0.269. The first-order valence-corrected chi connectivity index (χ1v) is 8.06. The number of nitrogens with zero attached hydrogens (tertiary/aromatic N) is 1. The van der Waals surface area contributed by atoms with Crippen LogP contribution in [-0.4, -0.2) is 25.0 Å². The second-order valence-corrected chi connectivity index (χ2v) is 5.69. The molecule has 24 heavy (non-hydrogen) atoms. The van der Waals surface area contributed by atoms with Gasteiger partial charge in [0.05, 0.1) is 12.5 Å². The maximum Gasteiger partial charge on any atom is 0.229 e. The van der Waals surface area contributed by atoms with Gasteiger partial charge in [0.1, 0.15) is 5.75 Å². The molecule has 1 N–H and O–H groups in total. The molecular formula is C19H20N2O3. The molecule has 2 aromatic carbocycles. The van der Waals surface area contributed by atoms with Gasteiger partial charge in [0, 0.05) is 24.3 Å². The van der Waals surface area contributed by atoms with Crippen LogP contribution in [0.15, 0.2) is 54.6 Å². The van der Waals surface area contributed by atoms with Crippen LogP contribution < -0.4 is 15.0 Å². The highest BCUT2D eigenvalue weighted by molar-refractivity contribution is 6.03. The maximum absolute atomic E-state index is 12.4. The van der Waals surface area contributed by atoms with Gasteiger partial charge in [-0.1, -0.05) is 18.2 Å². The number of para-hydroxylation sites is 1. The first kappa shape index (κ1) is 16.1. The highest BCUT2D eigenvalue weighted by Crippen LogP contribution is 2.26. The Morgan fingerprint density at radius 3 is 2.54 bits per heavy atom. The van der Waals surface area contributed by atoms with E-state index in [1.165, 1.54) is 0 Å². The molecule has 5 heteroatoms. The number of anilines is 2. The second kappa shape index (κ2) is 7.17. The minimum atomic E-state index is -0.343. The quantitative estimate of drug-likeness (QED) is 0.919. The van der Waals surface area contributed by atoms with E-state index >= 15 is 0 Å². The van der Waals surface area contributed by atoms with Crippen LogP contribution in [0.25, 0.3) is 0 Å². The molecule has 0 saturated carbocycles. The van der Waals surface area contributed by atoms with Crippen molar-refractivity contribution in [2.75, 3.05) is 23.4 Å². The van der Waals surface area contributed by atoms with Gasteiger partial charge in [0.2, 0.25) is 11.8 Å². The lowest BCUT2D eigenvalue weighted by Crippen LogP contribution is -2.28. The smallest absolute Gasteiger partial charge is 0.229 e. The molecule has 2 aromatic rings. The average molecular weight is 324 g/mol. The summed E-state index contributed by atoms with van der Waals surface area (Å²) in [6, 6.07) is 16.7. The standard InChI is InChI=1S/C19H20N2O3/c1-2-24-17-10-8-15(9-11-17)20-19(23)14-12-18(22)21(13-14)16-6-4-3-5-7-16/h3-11,14H,2,12-13H2,1H3,(H,20,23). The predicted octanol–water partition coefficient (Wildman–Crippen LogP) is 3.08. The van der Waals surface area contributed by atoms with Crippen molar-refractivity contribution < 1.29 is 14.3 Å². The fourth-order valence-corrected chi connectivity index (χ4v) is 2.79. The van der Waals surface area contributed by atoms with Crippen molar-refractivity contribution in [3.05, 3.63) is 54.6 Å². The number of nitrogens with one attached hydrogen (secondary N) is 1. The van der Waals surface area contributed by atoms with E-state index in [1.54, 1.807) is 17.0 Å². The van der Waals surface area contributed by atoms with Crippen LogP contribution in [0.4, 0.5) is 11.4 Å².